The third-order valence-corrected chi connectivity index (χ3v) is 3.49. The first-order valence-corrected chi connectivity index (χ1v) is 6.72. The van der Waals surface area contributed by atoms with Gasteiger partial charge in [0.1, 0.15) is 5.75 Å². The quantitative estimate of drug-likeness (QED) is 0.879. The summed E-state index contributed by atoms with van der Waals surface area (Å²) in [6.45, 7) is 4.43. The van der Waals surface area contributed by atoms with E-state index in [1.807, 2.05) is 24.1 Å². The number of hydrogen-bond acceptors (Lipinski definition) is 3. The Morgan fingerprint density at radius 3 is 2.84 bits per heavy atom. The first-order chi connectivity index (χ1) is 9.13. The third-order valence-electron chi connectivity index (χ3n) is 3.49. The summed E-state index contributed by atoms with van der Waals surface area (Å²) in [6, 6.07) is 6.14. The minimum atomic E-state index is 0.244. The molecule has 1 saturated heterocycles. The number of likely N-dealkylation sites (tertiary alicyclic amines) is 1. The molecule has 1 amide bonds. The second-order valence-corrected chi connectivity index (χ2v) is 5.26. The molecule has 0 spiro atoms. The van der Waals surface area contributed by atoms with Crippen LogP contribution in [0.25, 0.3) is 0 Å². The van der Waals surface area contributed by atoms with Crippen LogP contribution in [0, 0.1) is 5.92 Å². The second kappa shape index (κ2) is 6.06. The molecule has 1 aliphatic rings. The van der Waals surface area contributed by atoms with Crippen molar-refractivity contribution in [3.8, 4) is 5.75 Å². The topological polar surface area (TPSA) is 41.6 Å². The number of ether oxygens (including phenoxy) is 1. The van der Waals surface area contributed by atoms with Gasteiger partial charge in [-0.05, 0) is 30.7 Å². The van der Waals surface area contributed by atoms with Gasteiger partial charge < -0.3 is 15.0 Å². The molecule has 1 unspecified atom stereocenters. The van der Waals surface area contributed by atoms with E-state index < -0.39 is 0 Å². The minimum Gasteiger partial charge on any atom is -0.496 e. The molecule has 1 atom stereocenters. The Balaban J connectivity index is 2.17. The SMILES string of the molecule is CNCc1ccc(OC)c(CN2CC(C)CC2=O)c1. The van der Waals surface area contributed by atoms with Gasteiger partial charge in [0.25, 0.3) is 0 Å². The highest BCUT2D eigenvalue weighted by Crippen LogP contribution is 2.25. The summed E-state index contributed by atoms with van der Waals surface area (Å²) in [5.74, 6) is 1.56. The van der Waals surface area contributed by atoms with Gasteiger partial charge in [-0.3, -0.25) is 4.79 Å². The van der Waals surface area contributed by atoms with E-state index in [9.17, 15) is 4.79 Å². The molecule has 4 nitrogen and oxygen atoms in total. The van der Waals surface area contributed by atoms with Crippen molar-refractivity contribution in [3.63, 3.8) is 0 Å². The molecule has 104 valence electrons. The van der Waals surface area contributed by atoms with Gasteiger partial charge in [0, 0.05) is 31.6 Å². The Morgan fingerprint density at radius 1 is 1.47 bits per heavy atom. The number of amides is 1. The van der Waals surface area contributed by atoms with E-state index in [4.69, 9.17) is 4.74 Å². The average molecular weight is 262 g/mol. The van der Waals surface area contributed by atoms with Crippen LogP contribution in [-0.4, -0.2) is 31.5 Å². The van der Waals surface area contributed by atoms with Gasteiger partial charge in [-0.1, -0.05) is 13.0 Å². The van der Waals surface area contributed by atoms with Crippen molar-refractivity contribution in [1.82, 2.24) is 10.2 Å². The van der Waals surface area contributed by atoms with E-state index in [-0.39, 0.29) is 5.91 Å². The predicted molar refractivity (Wildman–Crippen MR) is 75.0 cm³/mol. The van der Waals surface area contributed by atoms with E-state index in [1.165, 1.54) is 5.56 Å². The molecule has 0 aromatic heterocycles. The molecule has 0 bridgehead atoms. The molecular weight excluding hydrogens is 240 g/mol. The van der Waals surface area contributed by atoms with Crippen LogP contribution in [0.2, 0.25) is 0 Å². The first-order valence-electron chi connectivity index (χ1n) is 6.72. The largest absolute Gasteiger partial charge is 0.496 e. The van der Waals surface area contributed by atoms with Crippen LogP contribution in [0.15, 0.2) is 18.2 Å². The Bertz CT molecular complexity index is 459. The number of rotatable bonds is 5. The van der Waals surface area contributed by atoms with E-state index in [2.05, 4.69) is 18.3 Å². The Kier molecular flexibility index (Phi) is 4.43. The van der Waals surface area contributed by atoms with E-state index >= 15 is 0 Å². The fourth-order valence-electron chi connectivity index (χ4n) is 2.60. The molecule has 2 rings (SSSR count). The van der Waals surface area contributed by atoms with Crippen molar-refractivity contribution in [2.24, 2.45) is 5.92 Å². The summed E-state index contributed by atoms with van der Waals surface area (Å²) >= 11 is 0. The molecule has 4 heteroatoms. The van der Waals surface area contributed by atoms with Crippen molar-refractivity contribution in [2.45, 2.75) is 26.4 Å². The van der Waals surface area contributed by atoms with Gasteiger partial charge in [-0.15, -0.1) is 0 Å². The Hall–Kier alpha value is -1.55. The first kappa shape index (κ1) is 13.9. The van der Waals surface area contributed by atoms with Crippen LogP contribution in [0.5, 0.6) is 5.75 Å². The molecule has 1 fully saturated rings. The minimum absolute atomic E-state index is 0.244. The maximum Gasteiger partial charge on any atom is 0.223 e. The van der Waals surface area contributed by atoms with Crippen molar-refractivity contribution in [1.29, 1.82) is 0 Å². The number of nitrogens with zero attached hydrogens (tertiary/aromatic N) is 1. The van der Waals surface area contributed by atoms with Crippen molar-refractivity contribution in [3.05, 3.63) is 29.3 Å². The van der Waals surface area contributed by atoms with Gasteiger partial charge >= 0.3 is 0 Å². The van der Waals surface area contributed by atoms with E-state index in [1.54, 1.807) is 7.11 Å². The summed E-state index contributed by atoms with van der Waals surface area (Å²) in [4.78, 5) is 13.8. The summed E-state index contributed by atoms with van der Waals surface area (Å²) in [6.07, 6.45) is 0.665. The zero-order chi connectivity index (χ0) is 13.8. The lowest BCUT2D eigenvalue weighted by Gasteiger charge is -2.19. The Labute approximate surface area is 114 Å². The molecule has 0 saturated carbocycles. The van der Waals surface area contributed by atoms with Crippen LogP contribution in [-0.2, 0) is 17.9 Å². The van der Waals surface area contributed by atoms with Crippen LogP contribution in [0.4, 0.5) is 0 Å². The number of benzene rings is 1. The summed E-state index contributed by atoms with van der Waals surface area (Å²) < 4.78 is 5.39. The van der Waals surface area contributed by atoms with Gasteiger partial charge in [0.05, 0.1) is 7.11 Å². The highest BCUT2D eigenvalue weighted by Gasteiger charge is 2.26. The molecule has 1 aliphatic heterocycles. The average Bonchev–Trinajstić information content (AvgIpc) is 2.69. The normalized spacial score (nSPS) is 19.0. The number of nitrogens with one attached hydrogen (secondary N) is 1. The molecule has 1 aromatic rings. The lowest BCUT2D eigenvalue weighted by molar-refractivity contribution is -0.128. The second-order valence-electron chi connectivity index (χ2n) is 5.26. The van der Waals surface area contributed by atoms with Crippen LogP contribution >= 0.6 is 0 Å². The molecule has 0 aliphatic carbocycles. The maximum absolute atomic E-state index is 11.9. The molecule has 1 N–H and O–H groups in total. The monoisotopic (exact) mass is 262 g/mol. The molecule has 0 radical (unpaired) electrons. The summed E-state index contributed by atoms with van der Waals surface area (Å²) in [5.41, 5.74) is 2.29. The summed E-state index contributed by atoms with van der Waals surface area (Å²) in [5, 5.41) is 3.14. The van der Waals surface area contributed by atoms with Gasteiger partial charge in [-0.2, -0.15) is 0 Å². The number of carbonyl (C=O) groups excluding carboxylic acids is 1. The zero-order valence-corrected chi connectivity index (χ0v) is 11.9. The van der Waals surface area contributed by atoms with Gasteiger partial charge in [0.2, 0.25) is 5.91 Å². The van der Waals surface area contributed by atoms with Crippen molar-refractivity contribution in [2.75, 3.05) is 20.7 Å². The van der Waals surface area contributed by atoms with Crippen molar-refractivity contribution >= 4 is 5.91 Å². The van der Waals surface area contributed by atoms with Crippen LogP contribution in [0.3, 0.4) is 0 Å². The predicted octanol–water partition coefficient (Wildman–Crippen LogP) is 1.78. The summed E-state index contributed by atoms with van der Waals surface area (Å²) in [7, 11) is 3.60. The fraction of sp³-hybridized carbons (Fsp3) is 0.533. The van der Waals surface area contributed by atoms with E-state index in [0.717, 1.165) is 24.4 Å². The number of hydrogen-bond donors (Lipinski definition) is 1. The highest BCUT2D eigenvalue weighted by molar-refractivity contribution is 5.78. The Morgan fingerprint density at radius 2 is 2.26 bits per heavy atom. The zero-order valence-electron chi connectivity index (χ0n) is 11.9. The number of carbonyl (C=O) groups is 1. The lowest BCUT2D eigenvalue weighted by Crippen LogP contribution is -2.24. The maximum atomic E-state index is 11.9. The molecule has 19 heavy (non-hydrogen) atoms. The standard InChI is InChI=1S/C15H22N2O2/c1-11-6-15(18)17(9-11)10-13-7-12(8-16-2)4-5-14(13)19-3/h4-5,7,11,16H,6,8-10H2,1-3H3. The highest BCUT2D eigenvalue weighted by atomic mass is 16.5. The van der Waals surface area contributed by atoms with E-state index in [0.29, 0.717) is 18.9 Å². The van der Waals surface area contributed by atoms with Gasteiger partial charge in [0.15, 0.2) is 0 Å². The fourth-order valence-corrected chi connectivity index (χ4v) is 2.60. The number of methoxy groups -OCH3 is 1. The van der Waals surface area contributed by atoms with Crippen molar-refractivity contribution < 1.29 is 9.53 Å². The van der Waals surface area contributed by atoms with Gasteiger partial charge in [-0.25, -0.2) is 0 Å². The molecule has 1 heterocycles. The smallest absolute Gasteiger partial charge is 0.223 e. The molecule has 1 aromatic carbocycles. The lowest BCUT2D eigenvalue weighted by atomic mass is 10.1. The van der Waals surface area contributed by atoms with Crippen LogP contribution in [0.1, 0.15) is 24.5 Å². The molecular formula is C15H22N2O2. The third kappa shape index (κ3) is 3.26. The van der Waals surface area contributed by atoms with Crippen LogP contribution < -0.4 is 10.1 Å².